The van der Waals surface area contributed by atoms with Crippen molar-refractivity contribution in [2.24, 2.45) is 5.41 Å². The van der Waals surface area contributed by atoms with Gasteiger partial charge in [-0.1, -0.05) is 0 Å². The van der Waals surface area contributed by atoms with E-state index in [1.54, 1.807) is 27.7 Å². The summed E-state index contributed by atoms with van der Waals surface area (Å²) in [6.45, 7) is 8.20. The summed E-state index contributed by atoms with van der Waals surface area (Å²) in [6.07, 6.45) is 0. The molecular formula is C11H21O5P. The molecule has 1 unspecified atom stereocenters. The van der Waals surface area contributed by atoms with E-state index < -0.39 is 19.0 Å². The van der Waals surface area contributed by atoms with E-state index in [1.807, 2.05) is 0 Å². The molecular weight excluding hydrogens is 243 g/mol. The lowest BCUT2D eigenvalue weighted by Crippen LogP contribution is -2.29. The molecule has 0 bridgehead atoms. The zero-order valence-electron chi connectivity index (χ0n) is 11.5. The summed E-state index contributed by atoms with van der Waals surface area (Å²) in [7, 11) is -0.595. The second-order valence-electron chi connectivity index (χ2n) is 4.49. The maximum absolute atomic E-state index is 11.8. The topological polar surface area (TPSA) is 61.8 Å². The Morgan fingerprint density at radius 3 is 1.94 bits per heavy atom. The molecule has 0 aliphatic heterocycles. The van der Waals surface area contributed by atoms with E-state index >= 15 is 0 Å². The molecule has 0 spiro atoms. The van der Waals surface area contributed by atoms with E-state index in [9.17, 15) is 9.36 Å². The van der Waals surface area contributed by atoms with Crippen LogP contribution in [0.25, 0.3) is 0 Å². The van der Waals surface area contributed by atoms with Crippen LogP contribution in [0.3, 0.4) is 0 Å². The Labute approximate surface area is 103 Å². The molecule has 0 rings (SSSR count). The maximum atomic E-state index is 11.8. The summed E-state index contributed by atoms with van der Waals surface area (Å²) in [5, 5.41) is 0. The molecule has 17 heavy (non-hydrogen) atoms. The minimum Gasteiger partial charge on any atom is -0.468 e. The number of carbonyl (C=O) groups excluding carboxylic acids is 1. The molecule has 0 aromatic heterocycles. The summed E-state index contributed by atoms with van der Waals surface area (Å²) in [5.74, 6) is -0.137. The van der Waals surface area contributed by atoms with Gasteiger partial charge in [-0.25, -0.2) is 4.57 Å². The quantitative estimate of drug-likeness (QED) is 0.434. The van der Waals surface area contributed by atoms with E-state index in [2.05, 4.69) is 0 Å². The average molecular weight is 264 g/mol. The molecule has 0 saturated heterocycles. The Kier molecular flexibility index (Phi) is 5.43. The van der Waals surface area contributed by atoms with Crippen LogP contribution in [0, 0.1) is 5.41 Å². The Balaban J connectivity index is 5.38. The van der Waals surface area contributed by atoms with Gasteiger partial charge in [0.15, 0.2) is 0 Å². The molecule has 5 nitrogen and oxygen atoms in total. The minimum absolute atomic E-state index is 0.317. The fourth-order valence-electron chi connectivity index (χ4n) is 1.38. The number of allylic oxidation sites excluding steroid dienone is 1. The van der Waals surface area contributed by atoms with Crippen molar-refractivity contribution in [2.45, 2.75) is 27.7 Å². The number of hydrogen-bond donors (Lipinski definition) is 0. The second-order valence-corrected chi connectivity index (χ2v) is 6.58. The molecule has 0 aliphatic carbocycles. The first-order chi connectivity index (χ1) is 7.58. The van der Waals surface area contributed by atoms with Crippen molar-refractivity contribution in [3.63, 3.8) is 0 Å². The predicted octanol–water partition coefficient (Wildman–Crippen LogP) is 2.97. The SMILES string of the molecule is COC(=O)C(C)(C)C(OP(C)(=O)OC)=C(C)C. The lowest BCUT2D eigenvalue weighted by Gasteiger charge is -2.28. The molecule has 0 aliphatic rings. The van der Waals surface area contributed by atoms with Crippen molar-refractivity contribution >= 4 is 13.6 Å². The molecule has 0 fully saturated rings. The Morgan fingerprint density at radius 2 is 1.65 bits per heavy atom. The van der Waals surface area contributed by atoms with Crippen molar-refractivity contribution in [1.29, 1.82) is 0 Å². The van der Waals surface area contributed by atoms with Crippen LogP contribution in [0.4, 0.5) is 0 Å². The first-order valence-electron chi connectivity index (χ1n) is 5.17. The molecule has 0 aromatic rings. The van der Waals surface area contributed by atoms with Gasteiger partial charge < -0.3 is 13.8 Å². The number of rotatable bonds is 5. The number of methoxy groups -OCH3 is 1. The van der Waals surface area contributed by atoms with E-state index in [-0.39, 0.29) is 0 Å². The predicted molar refractivity (Wildman–Crippen MR) is 65.8 cm³/mol. The Hall–Kier alpha value is -0.800. The smallest absolute Gasteiger partial charge is 0.375 e. The average Bonchev–Trinajstić information content (AvgIpc) is 2.24. The number of esters is 1. The summed E-state index contributed by atoms with van der Waals surface area (Å²) < 4.78 is 26.7. The molecule has 0 radical (unpaired) electrons. The number of hydrogen-bond acceptors (Lipinski definition) is 5. The highest BCUT2D eigenvalue weighted by Gasteiger charge is 2.38. The van der Waals surface area contributed by atoms with E-state index in [4.69, 9.17) is 13.8 Å². The normalized spacial score (nSPS) is 14.8. The highest BCUT2D eigenvalue weighted by atomic mass is 31.2. The molecule has 1 atom stereocenters. The standard InChI is InChI=1S/C11H21O5P/c1-8(2)9(16-17(7,13)15-6)11(3,4)10(12)14-5/h1-7H3. The molecule has 0 heterocycles. The van der Waals surface area contributed by atoms with Crippen LogP contribution >= 0.6 is 7.60 Å². The van der Waals surface area contributed by atoms with Gasteiger partial charge in [0.25, 0.3) is 0 Å². The van der Waals surface area contributed by atoms with Gasteiger partial charge >= 0.3 is 13.6 Å². The molecule has 100 valence electrons. The van der Waals surface area contributed by atoms with Crippen molar-refractivity contribution in [2.75, 3.05) is 20.9 Å². The van der Waals surface area contributed by atoms with Gasteiger partial charge in [0.1, 0.15) is 11.2 Å². The van der Waals surface area contributed by atoms with Crippen molar-refractivity contribution in [1.82, 2.24) is 0 Å². The second kappa shape index (κ2) is 5.69. The molecule has 0 aromatic carbocycles. The fourth-order valence-corrected chi connectivity index (χ4v) is 2.20. The summed E-state index contributed by atoms with van der Waals surface area (Å²) in [5.41, 5.74) is -0.253. The van der Waals surface area contributed by atoms with Gasteiger partial charge in [-0.15, -0.1) is 0 Å². The number of ether oxygens (including phenoxy) is 1. The van der Waals surface area contributed by atoms with Crippen LogP contribution in [-0.4, -0.2) is 26.9 Å². The third-order valence-electron chi connectivity index (χ3n) is 2.31. The zero-order valence-corrected chi connectivity index (χ0v) is 12.4. The summed E-state index contributed by atoms with van der Waals surface area (Å²) in [6, 6.07) is 0. The van der Waals surface area contributed by atoms with Crippen LogP contribution in [0.5, 0.6) is 0 Å². The molecule has 0 amide bonds. The molecule has 6 heteroatoms. The van der Waals surface area contributed by atoms with Gasteiger partial charge in [0.2, 0.25) is 0 Å². The highest BCUT2D eigenvalue weighted by Crippen LogP contribution is 2.49. The van der Waals surface area contributed by atoms with E-state index in [0.29, 0.717) is 5.76 Å². The Morgan fingerprint density at radius 1 is 1.18 bits per heavy atom. The van der Waals surface area contributed by atoms with Crippen LogP contribution in [0.15, 0.2) is 11.3 Å². The Bertz CT molecular complexity index is 366. The van der Waals surface area contributed by atoms with E-state index in [1.165, 1.54) is 20.9 Å². The highest BCUT2D eigenvalue weighted by molar-refractivity contribution is 7.53. The third-order valence-corrected chi connectivity index (χ3v) is 3.48. The minimum atomic E-state index is -3.20. The van der Waals surface area contributed by atoms with Crippen LogP contribution in [-0.2, 0) is 23.1 Å². The van der Waals surface area contributed by atoms with Gasteiger partial charge in [-0.05, 0) is 33.3 Å². The van der Waals surface area contributed by atoms with Crippen molar-refractivity contribution in [3.05, 3.63) is 11.3 Å². The van der Waals surface area contributed by atoms with E-state index in [0.717, 1.165) is 5.57 Å². The largest absolute Gasteiger partial charge is 0.468 e. The van der Waals surface area contributed by atoms with Gasteiger partial charge in [-0.3, -0.25) is 4.79 Å². The fraction of sp³-hybridized carbons (Fsp3) is 0.727. The third kappa shape index (κ3) is 4.17. The lowest BCUT2D eigenvalue weighted by atomic mass is 9.89. The zero-order chi connectivity index (χ0) is 13.9. The van der Waals surface area contributed by atoms with Crippen LogP contribution in [0.1, 0.15) is 27.7 Å². The van der Waals surface area contributed by atoms with Crippen LogP contribution < -0.4 is 0 Å². The monoisotopic (exact) mass is 264 g/mol. The maximum Gasteiger partial charge on any atom is 0.375 e. The molecule has 0 N–H and O–H groups in total. The first-order valence-corrected chi connectivity index (χ1v) is 7.16. The van der Waals surface area contributed by atoms with Gasteiger partial charge in [0.05, 0.1) is 7.11 Å². The van der Waals surface area contributed by atoms with Gasteiger partial charge in [-0.2, -0.15) is 0 Å². The van der Waals surface area contributed by atoms with Crippen molar-refractivity contribution < 1.29 is 23.1 Å². The summed E-state index contributed by atoms with van der Waals surface area (Å²) >= 11 is 0. The number of carbonyl (C=O) groups is 1. The van der Waals surface area contributed by atoms with Crippen molar-refractivity contribution in [3.8, 4) is 0 Å². The van der Waals surface area contributed by atoms with Crippen LogP contribution in [0.2, 0.25) is 0 Å². The first kappa shape index (κ1) is 16.2. The lowest BCUT2D eigenvalue weighted by molar-refractivity contribution is -0.149. The summed E-state index contributed by atoms with van der Waals surface area (Å²) in [4.78, 5) is 11.7. The van der Waals surface area contributed by atoms with Gasteiger partial charge in [0, 0.05) is 13.8 Å². The molecule has 0 saturated carbocycles.